The van der Waals surface area contributed by atoms with E-state index in [4.69, 9.17) is 4.74 Å². The lowest BCUT2D eigenvalue weighted by Crippen LogP contribution is -2.17. The Balaban J connectivity index is 2.73. The Morgan fingerprint density at radius 2 is 2.09 bits per heavy atom. The average Bonchev–Trinajstić information content (AvgIpc) is 2.12. The highest BCUT2D eigenvalue weighted by Crippen LogP contribution is 2.16. The summed E-state index contributed by atoms with van der Waals surface area (Å²) < 4.78 is 4.83. The summed E-state index contributed by atoms with van der Waals surface area (Å²) in [6.07, 6.45) is 0.809. The van der Waals surface area contributed by atoms with Gasteiger partial charge in [-0.1, -0.05) is 25.3 Å². The smallest absolute Gasteiger partial charge is 0.333 e. The predicted molar refractivity (Wildman–Crippen MR) is 47.0 cm³/mol. The van der Waals surface area contributed by atoms with Crippen LogP contribution < -0.4 is 0 Å². The van der Waals surface area contributed by atoms with E-state index in [1.165, 1.54) is 0 Å². The molecule has 1 aliphatic heterocycles. The molecule has 0 spiro atoms. The first-order chi connectivity index (χ1) is 4.99. The third kappa shape index (κ3) is 2.50. The van der Waals surface area contributed by atoms with Crippen LogP contribution in [0.4, 0.5) is 0 Å². The molecule has 3 heteroatoms. The first-order valence-corrected chi connectivity index (χ1v) is 7.46. The van der Waals surface area contributed by atoms with Crippen LogP contribution in [0.25, 0.3) is 0 Å². The fraction of sp³-hybridized carbons (Fsp3) is 0.625. The van der Waals surface area contributed by atoms with Gasteiger partial charge in [0.25, 0.3) is 0 Å². The summed E-state index contributed by atoms with van der Waals surface area (Å²) in [6, 6.07) is 0. The van der Waals surface area contributed by atoms with Gasteiger partial charge in [0.15, 0.2) is 0 Å². The molecule has 0 bridgehead atoms. The van der Waals surface area contributed by atoms with E-state index in [0.717, 1.165) is 12.0 Å². The first kappa shape index (κ1) is 8.52. The lowest BCUT2D eigenvalue weighted by molar-refractivity contribution is -0.135. The molecule has 0 atom stereocenters. The van der Waals surface area contributed by atoms with E-state index in [2.05, 4.69) is 25.3 Å². The van der Waals surface area contributed by atoms with Crippen LogP contribution in [0.2, 0.25) is 19.6 Å². The Labute approximate surface area is 68.3 Å². The minimum absolute atomic E-state index is 0.104. The van der Waals surface area contributed by atoms with Gasteiger partial charge in [-0.05, 0) is 0 Å². The first-order valence-electron chi connectivity index (χ1n) is 3.88. The van der Waals surface area contributed by atoms with Crippen LogP contribution in [-0.2, 0) is 9.53 Å². The second-order valence-electron chi connectivity index (χ2n) is 3.92. The van der Waals surface area contributed by atoms with Crippen molar-refractivity contribution in [3.05, 3.63) is 11.3 Å². The fourth-order valence-corrected chi connectivity index (χ4v) is 2.41. The molecule has 0 aromatic rings. The van der Waals surface area contributed by atoms with Crippen LogP contribution >= 0.6 is 0 Å². The van der Waals surface area contributed by atoms with Crippen LogP contribution in [0.1, 0.15) is 6.42 Å². The van der Waals surface area contributed by atoms with Crippen LogP contribution in [0, 0.1) is 0 Å². The van der Waals surface area contributed by atoms with Crippen molar-refractivity contribution in [1.82, 2.24) is 0 Å². The third-order valence-electron chi connectivity index (χ3n) is 1.47. The second-order valence-corrected chi connectivity index (χ2v) is 8.94. The summed E-state index contributed by atoms with van der Waals surface area (Å²) in [5.74, 6) is -0.104. The molecular formula is C8H14O2Si. The summed E-state index contributed by atoms with van der Waals surface area (Å²) in [5, 5.41) is 0. The molecule has 1 fully saturated rings. The zero-order chi connectivity index (χ0) is 8.48. The highest BCUT2D eigenvalue weighted by atomic mass is 28.3. The Bertz CT molecular complexity index is 201. The molecule has 0 amide bonds. The number of ether oxygens (including phenoxy) is 1. The van der Waals surface area contributed by atoms with Gasteiger partial charge in [0.05, 0.1) is 14.7 Å². The van der Waals surface area contributed by atoms with Crippen molar-refractivity contribution in [3.63, 3.8) is 0 Å². The predicted octanol–water partition coefficient (Wildman–Crippen LogP) is 1.74. The van der Waals surface area contributed by atoms with E-state index >= 15 is 0 Å². The number of hydrogen-bond acceptors (Lipinski definition) is 2. The van der Waals surface area contributed by atoms with Gasteiger partial charge in [0, 0.05) is 12.0 Å². The summed E-state index contributed by atoms with van der Waals surface area (Å²) >= 11 is 0. The Morgan fingerprint density at radius 3 is 2.45 bits per heavy atom. The monoisotopic (exact) mass is 170 g/mol. The Hall–Kier alpha value is -0.573. The number of hydrogen-bond donors (Lipinski definition) is 0. The van der Waals surface area contributed by atoms with Crippen molar-refractivity contribution < 1.29 is 9.53 Å². The molecule has 0 unspecified atom stereocenters. The van der Waals surface area contributed by atoms with Crippen molar-refractivity contribution in [2.24, 2.45) is 0 Å². The fourth-order valence-electron chi connectivity index (χ4n) is 1.10. The van der Waals surface area contributed by atoms with Gasteiger partial charge in [-0.25, -0.2) is 4.79 Å². The van der Waals surface area contributed by atoms with Crippen molar-refractivity contribution in [3.8, 4) is 0 Å². The normalized spacial score (nSPS) is 22.5. The van der Waals surface area contributed by atoms with Crippen LogP contribution in [0.5, 0.6) is 0 Å². The topological polar surface area (TPSA) is 26.3 Å². The SMILES string of the molecule is C[Si](C)(C)/C=C1\CCOC1=O. The maximum atomic E-state index is 11.0. The molecule has 1 rings (SSSR count). The van der Waals surface area contributed by atoms with E-state index in [0.29, 0.717) is 6.61 Å². The van der Waals surface area contributed by atoms with Gasteiger partial charge >= 0.3 is 5.97 Å². The lowest BCUT2D eigenvalue weighted by atomic mass is 10.3. The minimum Gasteiger partial charge on any atom is -0.462 e. The molecule has 62 valence electrons. The number of cyclic esters (lactones) is 1. The minimum atomic E-state index is -1.23. The standard InChI is InChI=1S/C8H14O2Si/c1-11(2,3)6-7-4-5-10-8(7)9/h6H,4-5H2,1-3H3/b7-6+. The molecule has 0 aromatic heterocycles. The van der Waals surface area contributed by atoms with Gasteiger partial charge in [-0.3, -0.25) is 0 Å². The molecular weight excluding hydrogens is 156 g/mol. The zero-order valence-electron chi connectivity index (χ0n) is 7.31. The van der Waals surface area contributed by atoms with Crippen LogP contribution in [-0.4, -0.2) is 20.7 Å². The van der Waals surface area contributed by atoms with E-state index in [1.54, 1.807) is 0 Å². The summed E-state index contributed by atoms with van der Waals surface area (Å²) in [5.41, 5.74) is 3.02. The molecule has 2 nitrogen and oxygen atoms in total. The molecule has 1 saturated heterocycles. The van der Waals surface area contributed by atoms with Crippen molar-refractivity contribution >= 4 is 14.0 Å². The van der Waals surface area contributed by atoms with Gasteiger partial charge in [-0.15, -0.1) is 0 Å². The largest absolute Gasteiger partial charge is 0.462 e. The molecule has 1 aliphatic rings. The van der Waals surface area contributed by atoms with Gasteiger partial charge in [0.1, 0.15) is 0 Å². The quantitative estimate of drug-likeness (QED) is 0.340. The number of esters is 1. The number of carbonyl (C=O) groups is 1. The molecule has 0 saturated carbocycles. The van der Waals surface area contributed by atoms with Gasteiger partial charge in [-0.2, -0.15) is 0 Å². The lowest BCUT2D eigenvalue weighted by Gasteiger charge is -2.08. The number of carbonyl (C=O) groups excluding carboxylic acids is 1. The maximum absolute atomic E-state index is 11.0. The van der Waals surface area contributed by atoms with E-state index in [9.17, 15) is 4.79 Å². The molecule has 0 radical (unpaired) electrons. The van der Waals surface area contributed by atoms with Crippen molar-refractivity contribution in [2.45, 2.75) is 26.1 Å². The summed E-state index contributed by atoms with van der Waals surface area (Å²) in [4.78, 5) is 11.0. The number of rotatable bonds is 1. The third-order valence-corrected chi connectivity index (χ3v) is 2.69. The van der Waals surface area contributed by atoms with Gasteiger partial charge < -0.3 is 4.74 Å². The van der Waals surface area contributed by atoms with Crippen LogP contribution in [0.3, 0.4) is 0 Å². The van der Waals surface area contributed by atoms with E-state index in [-0.39, 0.29) is 5.97 Å². The second kappa shape index (κ2) is 2.81. The van der Waals surface area contributed by atoms with E-state index < -0.39 is 8.07 Å². The molecule has 0 aromatic carbocycles. The molecule has 0 aliphatic carbocycles. The summed E-state index contributed by atoms with van der Waals surface area (Å²) in [7, 11) is -1.23. The highest BCUT2D eigenvalue weighted by Gasteiger charge is 2.21. The van der Waals surface area contributed by atoms with Gasteiger partial charge in [0.2, 0.25) is 0 Å². The Morgan fingerprint density at radius 1 is 1.45 bits per heavy atom. The average molecular weight is 170 g/mol. The summed E-state index contributed by atoms with van der Waals surface area (Å²) in [6.45, 7) is 7.22. The van der Waals surface area contributed by atoms with Crippen molar-refractivity contribution in [2.75, 3.05) is 6.61 Å². The van der Waals surface area contributed by atoms with E-state index in [1.807, 2.05) is 0 Å². The van der Waals surface area contributed by atoms with Crippen LogP contribution in [0.15, 0.2) is 11.3 Å². The molecule has 1 heterocycles. The zero-order valence-corrected chi connectivity index (χ0v) is 8.31. The Kier molecular flexibility index (Phi) is 2.18. The van der Waals surface area contributed by atoms with Crippen molar-refractivity contribution in [1.29, 1.82) is 0 Å². The maximum Gasteiger partial charge on any atom is 0.333 e. The molecule has 0 N–H and O–H groups in total. The molecule has 11 heavy (non-hydrogen) atoms. The highest BCUT2D eigenvalue weighted by molar-refractivity contribution is 6.81.